The van der Waals surface area contributed by atoms with Gasteiger partial charge in [0, 0.05) is 23.0 Å². The molecule has 130 valence electrons. The van der Waals surface area contributed by atoms with Crippen LogP contribution in [0.4, 0.5) is 0 Å². The van der Waals surface area contributed by atoms with Crippen LogP contribution in [0.25, 0.3) is 11.3 Å². The Labute approximate surface area is 153 Å². The summed E-state index contributed by atoms with van der Waals surface area (Å²) < 4.78 is 7.94. The number of aromatic nitrogens is 2. The first-order valence-corrected chi connectivity index (χ1v) is 8.47. The van der Waals surface area contributed by atoms with Crippen LogP contribution in [0.5, 0.6) is 5.88 Å². The van der Waals surface area contributed by atoms with Crippen molar-refractivity contribution in [3.05, 3.63) is 63.9 Å². The fraction of sp³-hybridized carbons (Fsp3) is 0.176. The summed E-state index contributed by atoms with van der Waals surface area (Å²) in [5.74, 6) is 1.38. The van der Waals surface area contributed by atoms with E-state index in [1.54, 1.807) is 24.3 Å². The van der Waals surface area contributed by atoms with E-state index >= 15 is 0 Å². The summed E-state index contributed by atoms with van der Waals surface area (Å²) in [6.07, 6.45) is 3.23. The molecule has 0 radical (unpaired) electrons. The molecule has 2 aromatic heterocycles. The molecule has 1 N–H and O–H groups in total. The van der Waals surface area contributed by atoms with Gasteiger partial charge in [-0.2, -0.15) is 9.78 Å². The molecule has 1 aromatic carbocycles. The minimum atomic E-state index is -0.441. The predicted octanol–water partition coefficient (Wildman–Crippen LogP) is 3.78. The lowest BCUT2D eigenvalue weighted by Crippen LogP contribution is -2.22. The van der Waals surface area contributed by atoms with E-state index in [1.165, 1.54) is 17.0 Å². The normalized spacial score (nSPS) is 11.4. The maximum Gasteiger partial charge on any atom is 0.351 e. The highest BCUT2D eigenvalue weighted by molar-refractivity contribution is 6.30. The van der Waals surface area contributed by atoms with Crippen LogP contribution in [-0.2, 0) is 6.54 Å². The Morgan fingerprint density at radius 2 is 1.96 bits per heavy atom. The molecule has 0 saturated carbocycles. The van der Waals surface area contributed by atoms with E-state index in [9.17, 15) is 9.90 Å². The van der Waals surface area contributed by atoms with Gasteiger partial charge in [-0.05, 0) is 42.8 Å². The average molecular weight is 380 g/mol. The molecule has 0 saturated heterocycles. The average Bonchev–Trinajstić information content (AvgIpc) is 3.17. The molecular formula is C17H15Cl2N3O3. The van der Waals surface area contributed by atoms with Crippen LogP contribution in [0, 0.1) is 0 Å². The monoisotopic (exact) mass is 379 g/mol. The molecule has 3 aromatic rings. The maximum absolute atomic E-state index is 12.1. The minimum absolute atomic E-state index is 0.159. The number of furan rings is 1. The quantitative estimate of drug-likeness (QED) is 0.523. The third kappa shape index (κ3) is 3.97. The van der Waals surface area contributed by atoms with E-state index in [1.807, 2.05) is 12.1 Å². The van der Waals surface area contributed by atoms with Crippen LogP contribution in [0.1, 0.15) is 12.2 Å². The van der Waals surface area contributed by atoms with E-state index in [0.29, 0.717) is 35.4 Å². The number of imidazole rings is 1. The first-order chi connectivity index (χ1) is 12.1. The van der Waals surface area contributed by atoms with Crippen LogP contribution >= 0.6 is 23.2 Å². The number of nitrogens with zero attached hydrogens (tertiary/aromatic N) is 3. The van der Waals surface area contributed by atoms with E-state index in [4.69, 9.17) is 27.6 Å². The van der Waals surface area contributed by atoms with Crippen molar-refractivity contribution in [3.63, 3.8) is 0 Å². The Morgan fingerprint density at radius 3 is 2.68 bits per heavy atom. The summed E-state index contributed by atoms with van der Waals surface area (Å²) in [7, 11) is 0. The Morgan fingerprint density at radius 1 is 1.20 bits per heavy atom. The van der Waals surface area contributed by atoms with Crippen molar-refractivity contribution in [1.29, 1.82) is 0 Å². The van der Waals surface area contributed by atoms with Crippen molar-refractivity contribution in [1.82, 2.24) is 9.24 Å². The van der Waals surface area contributed by atoms with Gasteiger partial charge in [-0.3, -0.25) is 4.57 Å². The Bertz CT molecular complexity index is 939. The molecule has 0 unspecified atom stereocenters. The van der Waals surface area contributed by atoms with Crippen molar-refractivity contribution in [2.75, 3.05) is 5.88 Å². The molecule has 0 aliphatic carbocycles. The molecule has 25 heavy (non-hydrogen) atoms. The molecule has 0 aliphatic heterocycles. The van der Waals surface area contributed by atoms with Crippen LogP contribution in [0.15, 0.2) is 56.9 Å². The van der Waals surface area contributed by atoms with E-state index in [0.717, 1.165) is 10.2 Å². The Balaban J connectivity index is 1.79. The van der Waals surface area contributed by atoms with Gasteiger partial charge in [0.1, 0.15) is 11.5 Å². The molecule has 6 nitrogen and oxygen atoms in total. The van der Waals surface area contributed by atoms with Gasteiger partial charge >= 0.3 is 5.69 Å². The number of hydrogen-bond acceptors (Lipinski definition) is 4. The lowest BCUT2D eigenvalue weighted by molar-refractivity contribution is 0.412. The third-order valence-electron chi connectivity index (χ3n) is 3.52. The van der Waals surface area contributed by atoms with Crippen molar-refractivity contribution < 1.29 is 9.52 Å². The molecule has 3 rings (SSSR count). The second-order valence-electron chi connectivity index (χ2n) is 5.26. The summed E-state index contributed by atoms with van der Waals surface area (Å²) in [4.78, 5) is 12.1. The predicted molar refractivity (Wildman–Crippen MR) is 97.8 cm³/mol. The van der Waals surface area contributed by atoms with Crippen LogP contribution in [-0.4, -0.2) is 26.4 Å². The van der Waals surface area contributed by atoms with Crippen molar-refractivity contribution in [3.8, 4) is 17.2 Å². The Hall–Kier alpha value is -2.44. The number of alkyl halides is 1. The van der Waals surface area contributed by atoms with Gasteiger partial charge in [0.25, 0.3) is 0 Å². The maximum atomic E-state index is 12.1. The first-order valence-electron chi connectivity index (χ1n) is 7.56. The fourth-order valence-corrected chi connectivity index (χ4v) is 2.52. The molecule has 0 aliphatic rings. The van der Waals surface area contributed by atoms with Gasteiger partial charge in [0.15, 0.2) is 0 Å². The lowest BCUT2D eigenvalue weighted by atomic mass is 10.2. The minimum Gasteiger partial charge on any atom is -0.493 e. The molecule has 0 bridgehead atoms. The highest BCUT2D eigenvalue weighted by atomic mass is 35.5. The van der Waals surface area contributed by atoms with E-state index < -0.39 is 5.69 Å². The molecule has 0 spiro atoms. The number of halogens is 2. The van der Waals surface area contributed by atoms with Gasteiger partial charge < -0.3 is 9.52 Å². The van der Waals surface area contributed by atoms with Gasteiger partial charge in [-0.15, -0.1) is 11.6 Å². The smallest absolute Gasteiger partial charge is 0.351 e. The zero-order valence-electron chi connectivity index (χ0n) is 13.1. The molecule has 2 heterocycles. The summed E-state index contributed by atoms with van der Waals surface area (Å²) >= 11 is 11.5. The molecule has 8 heteroatoms. The SMILES string of the molecule is O=c1n(N=Cc2ccc(-c3ccc(Cl)cc3)o2)cc(O)n1CCCCl. The fourth-order valence-electron chi connectivity index (χ4n) is 2.28. The number of hydrogen-bond donors (Lipinski definition) is 1. The third-order valence-corrected chi connectivity index (χ3v) is 4.04. The zero-order chi connectivity index (χ0) is 17.8. The van der Waals surface area contributed by atoms with Gasteiger partial charge in [0.2, 0.25) is 5.88 Å². The Kier molecular flexibility index (Phi) is 5.31. The van der Waals surface area contributed by atoms with Gasteiger partial charge in [-0.25, -0.2) is 4.79 Å². The zero-order valence-corrected chi connectivity index (χ0v) is 14.6. The van der Waals surface area contributed by atoms with Crippen LogP contribution in [0.2, 0.25) is 5.02 Å². The van der Waals surface area contributed by atoms with E-state index in [2.05, 4.69) is 5.10 Å². The van der Waals surface area contributed by atoms with E-state index in [-0.39, 0.29) is 5.88 Å². The standard InChI is InChI=1S/C17H15Cl2N3O3/c18-8-1-9-21-16(23)11-22(17(21)24)20-10-14-6-7-15(25-14)12-2-4-13(19)5-3-12/h2-7,10-11,23H,1,8-9H2. The van der Waals surface area contributed by atoms with Crippen molar-refractivity contribution >= 4 is 29.4 Å². The summed E-state index contributed by atoms with van der Waals surface area (Å²) in [6.45, 7) is 0.332. The number of benzene rings is 1. The molecule has 0 atom stereocenters. The van der Waals surface area contributed by atoms with Crippen LogP contribution in [0.3, 0.4) is 0 Å². The summed E-state index contributed by atoms with van der Waals surface area (Å²) in [5.41, 5.74) is 0.439. The van der Waals surface area contributed by atoms with Crippen LogP contribution < -0.4 is 5.69 Å². The molecule has 0 amide bonds. The summed E-state index contributed by atoms with van der Waals surface area (Å²) in [6, 6.07) is 10.8. The second-order valence-corrected chi connectivity index (χ2v) is 6.08. The lowest BCUT2D eigenvalue weighted by Gasteiger charge is -1.98. The van der Waals surface area contributed by atoms with Gasteiger partial charge in [-0.1, -0.05) is 11.6 Å². The van der Waals surface area contributed by atoms with Crippen molar-refractivity contribution in [2.45, 2.75) is 13.0 Å². The number of rotatable bonds is 6. The second kappa shape index (κ2) is 7.63. The number of aromatic hydroxyl groups is 1. The molecular weight excluding hydrogens is 365 g/mol. The largest absolute Gasteiger partial charge is 0.493 e. The highest BCUT2D eigenvalue weighted by Gasteiger charge is 2.09. The van der Waals surface area contributed by atoms with Gasteiger partial charge in [0.05, 0.1) is 12.4 Å². The van der Waals surface area contributed by atoms with Crippen molar-refractivity contribution in [2.24, 2.45) is 5.10 Å². The first kappa shape index (κ1) is 17.4. The topological polar surface area (TPSA) is 72.7 Å². The summed E-state index contributed by atoms with van der Waals surface area (Å²) in [5, 5.41) is 14.5. The highest BCUT2D eigenvalue weighted by Crippen LogP contribution is 2.23. The molecule has 0 fully saturated rings.